The quantitative estimate of drug-likeness (QED) is 0.601. The van der Waals surface area contributed by atoms with Gasteiger partial charge in [-0.05, 0) is 24.7 Å². The molecular formula is C8H10I2NOP. The van der Waals surface area contributed by atoms with Gasteiger partial charge in [-0.25, -0.2) is 0 Å². The molecule has 0 atom stereocenters. The smallest absolute Gasteiger partial charge is 0.225 e. The van der Waals surface area contributed by atoms with Crippen molar-refractivity contribution in [3.8, 4) is 0 Å². The lowest BCUT2D eigenvalue weighted by atomic mass is 10.2. The second-order valence-electron chi connectivity index (χ2n) is 2.66. The van der Waals surface area contributed by atoms with Gasteiger partial charge in [0.2, 0.25) is 2.43 Å². The maximum absolute atomic E-state index is 11.6. The molecule has 72 valence electrons. The molecule has 13 heavy (non-hydrogen) atoms. The van der Waals surface area contributed by atoms with Crippen molar-refractivity contribution in [3.05, 3.63) is 29.8 Å². The average Bonchev–Trinajstić information content (AvgIpc) is 2.04. The molecule has 0 fully saturated rings. The largest absolute Gasteiger partial charge is 0.316 e. The van der Waals surface area contributed by atoms with Crippen molar-refractivity contribution in [2.75, 3.05) is 7.05 Å². The predicted octanol–water partition coefficient (Wildman–Crippen LogP) is 3.09. The lowest BCUT2D eigenvalue weighted by Crippen LogP contribution is -2.06. The van der Waals surface area contributed by atoms with Crippen molar-refractivity contribution >= 4 is 51.8 Å². The Kier molecular flexibility index (Phi) is 4.68. The third-order valence-corrected chi connectivity index (χ3v) is 5.86. The van der Waals surface area contributed by atoms with E-state index in [-0.39, 0.29) is 0 Å². The van der Waals surface area contributed by atoms with Crippen LogP contribution in [0, 0.1) is 0 Å². The monoisotopic (exact) mass is 421 g/mol. The lowest BCUT2D eigenvalue weighted by Gasteiger charge is -2.04. The predicted molar refractivity (Wildman–Crippen MR) is 74.5 cm³/mol. The molecule has 2 nitrogen and oxygen atoms in total. The number of halogens is 2. The zero-order chi connectivity index (χ0) is 9.90. The first-order chi connectivity index (χ1) is 6.04. The zero-order valence-electron chi connectivity index (χ0n) is 7.13. The van der Waals surface area contributed by atoms with Crippen LogP contribution >= 0.6 is 46.5 Å². The van der Waals surface area contributed by atoms with E-state index in [4.69, 9.17) is 0 Å². The Morgan fingerprint density at radius 3 is 2.23 bits per heavy atom. The van der Waals surface area contributed by atoms with Crippen molar-refractivity contribution in [1.82, 2.24) is 5.32 Å². The Morgan fingerprint density at radius 1 is 1.31 bits per heavy atom. The summed E-state index contributed by atoms with van der Waals surface area (Å²) in [6, 6.07) is 7.89. The van der Waals surface area contributed by atoms with E-state index >= 15 is 0 Å². The summed E-state index contributed by atoms with van der Waals surface area (Å²) in [6.07, 6.45) is 0. The van der Waals surface area contributed by atoms with Gasteiger partial charge in [-0.2, -0.15) is 0 Å². The summed E-state index contributed by atoms with van der Waals surface area (Å²) in [5.41, 5.74) is 1.22. The highest BCUT2D eigenvalue weighted by Crippen LogP contribution is 2.61. The summed E-state index contributed by atoms with van der Waals surface area (Å²) < 4.78 is 9.51. The van der Waals surface area contributed by atoms with Crippen LogP contribution in [-0.4, -0.2) is 7.05 Å². The van der Waals surface area contributed by atoms with Crippen molar-refractivity contribution in [1.29, 1.82) is 0 Å². The Hall–Kier alpha value is 0.870. The molecule has 0 bridgehead atoms. The van der Waals surface area contributed by atoms with E-state index in [1.807, 2.05) is 75.4 Å². The summed E-state index contributed by atoms with van der Waals surface area (Å²) >= 11 is 4.00. The number of hydrogen-bond acceptors (Lipinski definition) is 2. The summed E-state index contributed by atoms with van der Waals surface area (Å²) in [4.78, 5) is 0. The van der Waals surface area contributed by atoms with E-state index in [2.05, 4.69) is 5.32 Å². The SMILES string of the molecule is CNCc1ccc(P(=O)(I)I)cc1. The van der Waals surface area contributed by atoms with Crippen LogP contribution in [0.1, 0.15) is 5.56 Å². The van der Waals surface area contributed by atoms with E-state index in [1.165, 1.54) is 5.56 Å². The van der Waals surface area contributed by atoms with E-state index in [9.17, 15) is 4.57 Å². The van der Waals surface area contributed by atoms with Crippen LogP contribution in [0.5, 0.6) is 0 Å². The minimum atomic E-state index is -2.14. The average molecular weight is 421 g/mol. The lowest BCUT2D eigenvalue weighted by molar-refractivity contribution is 0.601. The minimum absolute atomic E-state index is 0.854. The van der Waals surface area contributed by atoms with Crippen LogP contribution in [0.25, 0.3) is 0 Å². The summed E-state index contributed by atoms with van der Waals surface area (Å²) in [5.74, 6) is 0. The maximum atomic E-state index is 11.6. The summed E-state index contributed by atoms with van der Waals surface area (Å²) in [6.45, 7) is 0.854. The highest BCUT2D eigenvalue weighted by Gasteiger charge is 2.14. The van der Waals surface area contributed by atoms with Crippen LogP contribution in [0.4, 0.5) is 0 Å². The van der Waals surface area contributed by atoms with E-state index in [0.29, 0.717) is 0 Å². The van der Waals surface area contributed by atoms with Crippen LogP contribution in [-0.2, 0) is 11.1 Å². The fourth-order valence-electron chi connectivity index (χ4n) is 0.991. The molecular weight excluding hydrogens is 411 g/mol. The molecule has 0 spiro atoms. The van der Waals surface area contributed by atoms with Gasteiger partial charge >= 0.3 is 0 Å². The van der Waals surface area contributed by atoms with Crippen molar-refractivity contribution < 1.29 is 4.57 Å². The fourth-order valence-corrected chi connectivity index (χ4v) is 3.42. The van der Waals surface area contributed by atoms with Gasteiger partial charge in [-0.1, -0.05) is 12.1 Å². The Balaban J connectivity index is 2.88. The molecule has 0 aliphatic heterocycles. The molecule has 0 radical (unpaired) electrons. The van der Waals surface area contributed by atoms with E-state index in [1.54, 1.807) is 0 Å². The Bertz CT molecular complexity index is 319. The molecule has 1 aromatic rings. The Morgan fingerprint density at radius 2 is 1.85 bits per heavy atom. The van der Waals surface area contributed by atoms with E-state index < -0.39 is 2.43 Å². The van der Waals surface area contributed by atoms with Gasteiger partial charge in [-0.15, -0.1) is 0 Å². The first-order valence-corrected chi connectivity index (χ1v) is 11.1. The standard InChI is InChI=1S/C8H10I2NOP/c1-11-6-7-2-4-8(5-3-7)13(9,10)12/h2-5,11H,6H2,1H3. The molecule has 0 heterocycles. The third kappa shape index (κ3) is 3.85. The summed E-state index contributed by atoms with van der Waals surface area (Å²) in [5, 5.41) is 3.99. The van der Waals surface area contributed by atoms with E-state index in [0.717, 1.165) is 11.8 Å². The van der Waals surface area contributed by atoms with Gasteiger partial charge in [-0.3, -0.25) is 4.57 Å². The molecule has 0 aromatic heterocycles. The number of hydrogen-bond donors (Lipinski definition) is 1. The summed E-state index contributed by atoms with van der Waals surface area (Å²) in [7, 11) is 1.91. The molecule has 0 unspecified atom stereocenters. The van der Waals surface area contributed by atoms with Gasteiger partial charge in [0.1, 0.15) is 0 Å². The van der Waals surface area contributed by atoms with Crippen LogP contribution in [0.3, 0.4) is 0 Å². The van der Waals surface area contributed by atoms with Crippen molar-refractivity contribution in [2.24, 2.45) is 0 Å². The molecule has 0 amide bonds. The van der Waals surface area contributed by atoms with Gasteiger partial charge in [0, 0.05) is 55.9 Å². The number of benzene rings is 1. The van der Waals surface area contributed by atoms with Gasteiger partial charge in [0.25, 0.3) is 0 Å². The van der Waals surface area contributed by atoms with Crippen LogP contribution in [0.15, 0.2) is 24.3 Å². The Labute approximate surface area is 104 Å². The maximum Gasteiger partial charge on any atom is 0.225 e. The first kappa shape index (κ1) is 11.9. The second-order valence-corrected chi connectivity index (χ2v) is 17.8. The van der Waals surface area contributed by atoms with Gasteiger partial charge < -0.3 is 5.32 Å². The third-order valence-electron chi connectivity index (χ3n) is 1.62. The van der Waals surface area contributed by atoms with Gasteiger partial charge in [0.15, 0.2) is 0 Å². The molecule has 1 aromatic carbocycles. The molecule has 0 saturated heterocycles. The van der Waals surface area contributed by atoms with Crippen LogP contribution < -0.4 is 10.6 Å². The number of rotatable bonds is 3. The molecule has 0 aliphatic carbocycles. The molecule has 0 saturated carbocycles. The van der Waals surface area contributed by atoms with Gasteiger partial charge in [0.05, 0.1) is 0 Å². The molecule has 5 heteroatoms. The molecule has 1 N–H and O–H groups in total. The zero-order valence-corrected chi connectivity index (χ0v) is 12.3. The second kappa shape index (κ2) is 5.09. The highest BCUT2D eigenvalue weighted by molar-refractivity contribution is 14.3. The normalized spacial score (nSPS) is 11.6. The highest BCUT2D eigenvalue weighted by atomic mass is 127. The first-order valence-electron chi connectivity index (χ1n) is 3.77. The molecule has 0 aliphatic rings. The fraction of sp³-hybridized carbons (Fsp3) is 0.250. The molecule has 1 rings (SSSR count). The minimum Gasteiger partial charge on any atom is -0.316 e. The number of nitrogens with one attached hydrogen (secondary N) is 1. The van der Waals surface area contributed by atoms with Crippen LogP contribution in [0.2, 0.25) is 0 Å². The topological polar surface area (TPSA) is 29.1 Å². The van der Waals surface area contributed by atoms with Crippen molar-refractivity contribution in [3.63, 3.8) is 0 Å². The van der Waals surface area contributed by atoms with Crippen molar-refractivity contribution in [2.45, 2.75) is 6.54 Å².